The predicted octanol–water partition coefficient (Wildman–Crippen LogP) is 4.79. The van der Waals surface area contributed by atoms with Crippen LogP contribution in [0.4, 0.5) is 0 Å². The molecule has 1 atom stereocenters. The van der Waals surface area contributed by atoms with Gasteiger partial charge < -0.3 is 24.4 Å². The highest BCUT2D eigenvalue weighted by atomic mass is 79.9. The minimum absolute atomic E-state index is 0.0543. The van der Waals surface area contributed by atoms with Crippen LogP contribution in [0.2, 0.25) is 0 Å². The fourth-order valence-corrected chi connectivity index (χ4v) is 4.40. The van der Waals surface area contributed by atoms with E-state index in [1.165, 1.54) is 12.0 Å². The van der Waals surface area contributed by atoms with Crippen LogP contribution >= 0.6 is 15.9 Å². The second-order valence-electron chi connectivity index (χ2n) is 8.04. The zero-order valence-corrected chi connectivity index (χ0v) is 21.9. The average Bonchev–Trinajstić information content (AvgIpc) is 3.13. The molecular weight excluding hydrogens is 512 g/mol. The zero-order chi connectivity index (χ0) is 25.5. The Kier molecular flexibility index (Phi) is 9.12. The summed E-state index contributed by atoms with van der Waals surface area (Å²) in [4.78, 5) is 30.1. The van der Waals surface area contributed by atoms with Crippen molar-refractivity contribution < 1.29 is 24.2 Å². The average molecular weight is 543 g/mol. The molecule has 1 N–H and O–H groups in total. The largest absolute Gasteiger partial charge is 0.507 e. The molecule has 1 aliphatic rings. The molecule has 35 heavy (non-hydrogen) atoms. The lowest BCUT2D eigenvalue weighted by atomic mass is 9.95. The van der Waals surface area contributed by atoms with Gasteiger partial charge in [0.1, 0.15) is 12.4 Å². The van der Waals surface area contributed by atoms with E-state index in [1.807, 2.05) is 0 Å². The predicted molar refractivity (Wildman–Crippen MR) is 140 cm³/mol. The van der Waals surface area contributed by atoms with Crippen molar-refractivity contribution in [3.05, 3.63) is 76.3 Å². The lowest BCUT2D eigenvalue weighted by Gasteiger charge is -2.28. The van der Waals surface area contributed by atoms with Crippen LogP contribution in [0.3, 0.4) is 0 Å². The van der Waals surface area contributed by atoms with E-state index in [4.69, 9.17) is 9.47 Å². The van der Waals surface area contributed by atoms with E-state index in [2.05, 4.69) is 41.3 Å². The highest BCUT2D eigenvalue weighted by Gasteiger charge is 2.46. The number of likely N-dealkylation sites (N-methyl/N-ethyl adjacent to an activating group) is 1. The summed E-state index contributed by atoms with van der Waals surface area (Å²) in [7, 11) is 1.53. The summed E-state index contributed by atoms with van der Waals surface area (Å²) in [5.74, 6) is -0.573. The Balaban J connectivity index is 2.13. The molecule has 186 valence electrons. The number of aliphatic hydroxyl groups excluding tert-OH is 1. The molecule has 7 nitrogen and oxygen atoms in total. The van der Waals surface area contributed by atoms with Crippen molar-refractivity contribution >= 4 is 33.4 Å². The molecule has 1 heterocycles. The minimum Gasteiger partial charge on any atom is -0.507 e. The Morgan fingerprint density at radius 2 is 1.83 bits per heavy atom. The minimum atomic E-state index is -0.767. The summed E-state index contributed by atoms with van der Waals surface area (Å²) in [6.07, 6.45) is 1.63. The first-order valence-corrected chi connectivity index (χ1v) is 12.3. The van der Waals surface area contributed by atoms with E-state index in [-0.39, 0.29) is 11.3 Å². The van der Waals surface area contributed by atoms with E-state index >= 15 is 0 Å². The van der Waals surface area contributed by atoms with Gasteiger partial charge in [0, 0.05) is 23.1 Å². The molecule has 0 bridgehead atoms. The van der Waals surface area contributed by atoms with E-state index in [0.29, 0.717) is 42.3 Å². The number of nitrogens with zero attached hydrogens (tertiary/aromatic N) is 2. The molecule has 1 saturated heterocycles. The molecule has 1 fully saturated rings. The van der Waals surface area contributed by atoms with Crippen molar-refractivity contribution in [2.75, 3.05) is 39.9 Å². The highest BCUT2D eigenvalue weighted by Crippen LogP contribution is 2.42. The Bertz CT molecular complexity index is 1110. The number of ketones is 1. The first-order chi connectivity index (χ1) is 16.9. The van der Waals surface area contributed by atoms with Gasteiger partial charge in [-0.25, -0.2) is 0 Å². The Morgan fingerprint density at radius 3 is 2.43 bits per heavy atom. The van der Waals surface area contributed by atoms with Gasteiger partial charge in [-0.05, 0) is 42.9 Å². The van der Waals surface area contributed by atoms with E-state index in [9.17, 15) is 14.7 Å². The molecule has 8 heteroatoms. The number of hydrogen-bond donors (Lipinski definition) is 1. The zero-order valence-electron chi connectivity index (χ0n) is 20.3. The Labute approximate surface area is 214 Å². The van der Waals surface area contributed by atoms with Gasteiger partial charge in [0.05, 0.1) is 18.7 Å². The number of rotatable bonds is 11. The maximum Gasteiger partial charge on any atom is 0.295 e. The number of hydrogen-bond acceptors (Lipinski definition) is 6. The van der Waals surface area contributed by atoms with Gasteiger partial charge in [-0.3, -0.25) is 9.59 Å². The van der Waals surface area contributed by atoms with Gasteiger partial charge in [0.2, 0.25) is 0 Å². The standard InChI is InChI=1S/C27H31BrN2O5/c1-5-16-35-21-13-10-19(17-22(21)34-4)24-23(25(31)18-8-11-20(28)12-9-18)26(32)27(33)30(24)15-14-29(6-2)7-3/h5,8-13,17,24,31H,1,6-7,14-16H2,2-4H3. The normalized spacial score (nSPS) is 17.2. The van der Waals surface area contributed by atoms with Crippen LogP contribution in [-0.4, -0.2) is 66.5 Å². The molecule has 0 radical (unpaired) electrons. The van der Waals surface area contributed by atoms with Crippen molar-refractivity contribution in [3.63, 3.8) is 0 Å². The number of carbonyl (C=O) groups excluding carboxylic acids is 2. The third-order valence-electron chi connectivity index (χ3n) is 6.07. The number of likely N-dealkylation sites (tertiary alicyclic amines) is 1. The van der Waals surface area contributed by atoms with Crippen LogP contribution in [0.5, 0.6) is 11.5 Å². The molecule has 2 aromatic carbocycles. The fourth-order valence-electron chi connectivity index (χ4n) is 4.13. The van der Waals surface area contributed by atoms with Gasteiger partial charge in [0.15, 0.2) is 11.5 Å². The number of aliphatic hydroxyl groups is 1. The Morgan fingerprint density at radius 1 is 1.14 bits per heavy atom. The quantitative estimate of drug-likeness (QED) is 0.190. The van der Waals surface area contributed by atoms with Crippen molar-refractivity contribution in [1.29, 1.82) is 0 Å². The third kappa shape index (κ3) is 5.77. The van der Waals surface area contributed by atoms with Crippen LogP contribution in [-0.2, 0) is 9.59 Å². The smallest absolute Gasteiger partial charge is 0.295 e. The molecule has 3 rings (SSSR count). The summed E-state index contributed by atoms with van der Waals surface area (Å²) in [6, 6.07) is 11.5. The molecule has 1 unspecified atom stereocenters. The van der Waals surface area contributed by atoms with Crippen LogP contribution < -0.4 is 9.47 Å². The van der Waals surface area contributed by atoms with Crippen molar-refractivity contribution in [2.45, 2.75) is 19.9 Å². The number of amides is 1. The number of carbonyl (C=O) groups is 2. The summed E-state index contributed by atoms with van der Waals surface area (Å²) in [6.45, 7) is 10.7. The number of Topliss-reactive ketones (excluding diaryl/α,β-unsaturated/α-hetero) is 1. The molecule has 1 aliphatic heterocycles. The maximum absolute atomic E-state index is 13.2. The second-order valence-corrected chi connectivity index (χ2v) is 8.95. The van der Waals surface area contributed by atoms with Gasteiger partial charge in [-0.1, -0.05) is 60.6 Å². The van der Waals surface area contributed by atoms with E-state index in [0.717, 1.165) is 17.6 Å². The first-order valence-electron chi connectivity index (χ1n) is 11.5. The number of ether oxygens (including phenoxy) is 2. The van der Waals surface area contributed by atoms with Crippen LogP contribution in [0.1, 0.15) is 31.0 Å². The number of benzene rings is 2. The molecule has 2 aromatic rings. The fraction of sp³-hybridized carbons (Fsp3) is 0.333. The summed E-state index contributed by atoms with van der Waals surface area (Å²) >= 11 is 3.38. The summed E-state index contributed by atoms with van der Waals surface area (Å²) in [5, 5.41) is 11.2. The van der Waals surface area contributed by atoms with E-state index < -0.39 is 17.7 Å². The van der Waals surface area contributed by atoms with Crippen molar-refractivity contribution in [1.82, 2.24) is 9.80 Å². The molecule has 0 saturated carbocycles. The monoisotopic (exact) mass is 542 g/mol. The van der Waals surface area contributed by atoms with Crippen molar-refractivity contribution in [2.24, 2.45) is 0 Å². The molecule has 1 amide bonds. The van der Waals surface area contributed by atoms with Gasteiger partial charge in [-0.2, -0.15) is 0 Å². The van der Waals surface area contributed by atoms with Crippen molar-refractivity contribution in [3.8, 4) is 11.5 Å². The molecule has 0 spiro atoms. The van der Waals surface area contributed by atoms with Crippen LogP contribution in [0.15, 0.2) is 65.2 Å². The topological polar surface area (TPSA) is 79.3 Å². The third-order valence-corrected chi connectivity index (χ3v) is 6.60. The molecule has 0 aromatic heterocycles. The Hall–Kier alpha value is -3.10. The summed E-state index contributed by atoms with van der Waals surface area (Å²) in [5.41, 5.74) is 1.15. The number of halogens is 1. The molecular formula is C27H31BrN2O5. The lowest BCUT2D eigenvalue weighted by Crippen LogP contribution is -2.38. The lowest BCUT2D eigenvalue weighted by molar-refractivity contribution is -0.140. The van der Waals surface area contributed by atoms with Gasteiger partial charge in [0.25, 0.3) is 11.7 Å². The highest BCUT2D eigenvalue weighted by molar-refractivity contribution is 9.10. The summed E-state index contributed by atoms with van der Waals surface area (Å²) < 4.78 is 12.0. The van der Waals surface area contributed by atoms with Crippen LogP contribution in [0.25, 0.3) is 5.76 Å². The number of methoxy groups -OCH3 is 1. The van der Waals surface area contributed by atoms with Gasteiger partial charge in [-0.15, -0.1) is 0 Å². The first kappa shape index (κ1) is 26.5. The van der Waals surface area contributed by atoms with Gasteiger partial charge >= 0.3 is 0 Å². The molecule has 0 aliphatic carbocycles. The second kappa shape index (κ2) is 12.0. The van der Waals surface area contributed by atoms with Crippen LogP contribution in [0, 0.1) is 0 Å². The maximum atomic E-state index is 13.2. The SMILES string of the molecule is C=CCOc1ccc(C2C(=C(O)c3ccc(Br)cc3)C(=O)C(=O)N2CCN(CC)CC)cc1OC. The van der Waals surface area contributed by atoms with E-state index in [1.54, 1.807) is 48.5 Å².